The number of likely N-dealkylation sites (tertiary alicyclic amines) is 2. The summed E-state index contributed by atoms with van der Waals surface area (Å²) >= 11 is 0. The van der Waals surface area contributed by atoms with Crippen LogP contribution >= 0.6 is 0 Å². The Balaban J connectivity index is 1.79. The van der Waals surface area contributed by atoms with Gasteiger partial charge in [-0.05, 0) is 77.2 Å². The second-order valence-electron chi connectivity index (χ2n) is 7.34. The molecule has 21 heavy (non-hydrogen) atoms. The van der Waals surface area contributed by atoms with Crippen molar-refractivity contribution in [3.05, 3.63) is 0 Å². The lowest BCUT2D eigenvalue weighted by Crippen LogP contribution is -2.50. The monoisotopic (exact) mass is 295 g/mol. The van der Waals surface area contributed by atoms with Gasteiger partial charge in [-0.2, -0.15) is 0 Å². The van der Waals surface area contributed by atoms with E-state index in [1.165, 1.54) is 77.7 Å². The van der Waals surface area contributed by atoms with E-state index >= 15 is 0 Å². The standard InChI is InChI=1S/C18H37N3/c1-4-18(5-2,15-19-3)16-20-13-9-17(10-14-20)21-11-7-6-8-12-21/h17,19H,4-16H2,1-3H3. The summed E-state index contributed by atoms with van der Waals surface area (Å²) < 4.78 is 0. The summed E-state index contributed by atoms with van der Waals surface area (Å²) in [5.41, 5.74) is 0.479. The summed E-state index contributed by atoms with van der Waals surface area (Å²) in [6.07, 6.45) is 9.67. The van der Waals surface area contributed by atoms with Crippen LogP contribution in [0.1, 0.15) is 58.8 Å². The van der Waals surface area contributed by atoms with Crippen molar-refractivity contribution >= 4 is 0 Å². The third kappa shape index (κ3) is 4.67. The molecule has 0 radical (unpaired) electrons. The topological polar surface area (TPSA) is 18.5 Å². The molecule has 3 heteroatoms. The summed E-state index contributed by atoms with van der Waals surface area (Å²) in [6.45, 7) is 12.5. The molecule has 3 nitrogen and oxygen atoms in total. The molecule has 2 heterocycles. The molecule has 2 rings (SSSR count). The van der Waals surface area contributed by atoms with Crippen LogP contribution in [0.25, 0.3) is 0 Å². The molecule has 124 valence electrons. The molecular weight excluding hydrogens is 258 g/mol. The van der Waals surface area contributed by atoms with Crippen molar-refractivity contribution in [2.75, 3.05) is 46.3 Å². The van der Waals surface area contributed by atoms with Crippen molar-refractivity contribution in [1.29, 1.82) is 0 Å². The summed E-state index contributed by atoms with van der Waals surface area (Å²) in [7, 11) is 2.10. The van der Waals surface area contributed by atoms with Crippen molar-refractivity contribution in [3.8, 4) is 0 Å². The van der Waals surface area contributed by atoms with Gasteiger partial charge in [-0.15, -0.1) is 0 Å². The first-order valence-electron chi connectivity index (χ1n) is 9.34. The van der Waals surface area contributed by atoms with Crippen LogP contribution in [0.5, 0.6) is 0 Å². The van der Waals surface area contributed by atoms with Crippen LogP contribution in [-0.2, 0) is 0 Å². The number of nitrogens with one attached hydrogen (secondary N) is 1. The Bertz CT molecular complexity index is 274. The number of hydrogen-bond donors (Lipinski definition) is 1. The second-order valence-corrected chi connectivity index (χ2v) is 7.34. The molecule has 0 amide bonds. The van der Waals surface area contributed by atoms with Gasteiger partial charge in [0.15, 0.2) is 0 Å². The Hall–Kier alpha value is -0.120. The van der Waals surface area contributed by atoms with E-state index in [-0.39, 0.29) is 0 Å². The fraction of sp³-hybridized carbons (Fsp3) is 1.00. The first-order valence-corrected chi connectivity index (χ1v) is 9.34. The Morgan fingerprint density at radius 2 is 1.57 bits per heavy atom. The smallest absolute Gasteiger partial charge is 0.0120 e. The highest BCUT2D eigenvalue weighted by Crippen LogP contribution is 2.29. The molecular formula is C18H37N3. The fourth-order valence-corrected chi connectivity index (χ4v) is 4.35. The van der Waals surface area contributed by atoms with Crippen molar-refractivity contribution < 1.29 is 0 Å². The molecule has 0 saturated carbocycles. The van der Waals surface area contributed by atoms with Crippen LogP contribution in [0, 0.1) is 5.41 Å². The highest BCUT2D eigenvalue weighted by atomic mass is 15.2. The zero-order valence-electron chi connectivity index (χ0n) is 14.7. The zero-order valence-corrected chi connectivity index (χ0v) is 14.7. The Morgan fingerprint density at radius 1 is 0.952 bits per heavy atom. The normalized spacial score (nSPS) is 23.6. The van der Waals surface area contributed by atoms with Gasteiger partial charge in [0.2, 0.25) is 0 Å². The number of piperidine rings is 2. The first kappa shape index (κ1) is 17.2. The van der Waals surface area contributed by atoms with Crippen LogP contribution in [0.15, 0.2) is 0 Å². The van der Waals surface area contributed by atoms with Crippen LogP contribution in [0.3, 0.4) is 0 Å². The Morgan fingerprint density at radius 3 is 2.10 bits per heavy atom. The van der Waals surface area contributed by atoms with E-state index in [1.54, 1.807) is 0 Å². The van der Waals surface area contributed by atoms with E-state index in [9.17, 15) is 0 Å². The van der Waals surface area contributed by atoms with E-state index in [2.05, 4.69) is 36.0 Å². The van der Waals surface area contributed by atoms with Crippen LogP contribution in [-0.4, -0.2) is 62.2 Å². The molecule has 2 fully saturated rings. The highest BCUT2D eigenvalue weighted by molar-refractivity contribution is 4.87. The minimum Gasteiger partial charge on any atom is -0.319 e. The maximum absolute atomic E-state index is 3.43. The molecule has 2 saturated heterocycles. The van der Waals surface area contributed by atoms with Crippen LogP contribution in [0.2, 0.25) is 0 Å². The minimum atomic E-state index is 0.479. The summed E-state index contributed by atoms with van der Waals surface area (Å²) in [4.78, 5) is 5.52. The molecule has 1 N–H and O–H groups in total. The van der Waals surface area contributed by atoms with Gasteiger partial charge in [0.1, 0.15) is 0 Å². The summed E-state index contributed by atoms with van der Waals surface area (Å²) in [6, 6.07) is 0.878. The molecule has 0 aromatic rings. The molecule has 2 aliphatic rings. The maximum Gasteiger partial charge on any atom is 0.0120 e. The molecule has 0 aromatic heterocycles. The molecule has 0 unspecified atom stereocenters. The number of hydrogen-bond acceptors (Lipinski definition) is 3. The molecule has 0 aliphatic carbocycles. The van der Waals surface area contributed by atoms with E-state index < -0.39 is 0 Å². The van der Waals surface area contributed by atoms with E-state index in [1.807, 2.05) is 0 Å². The third-order valence-electron chi connectivity index (χ3n) is 6.07. The Labute approximate surface area is 132 Å². The minimum absolute atomic E-state index is 0.479. The van der Waals surface area contributed by atoms with E-state index in [0.717, 1.165) is 12.6 Å². The number of rotatable bonds is 7. The lowest BCUT2D eigenvalue weighted by Gasteiger charge is -2.43. The predicted molar refractivity (Wildman–Crippen MR) is 91.8 cm³/mol. The lowest BCUT2D eigenvalue weighted by atomic mass is 9.81. The molecule has 0 spiro atoms. The molecule has 0 bridgehead atoms. The highest BCUT2D eigenvalue weighted by Gasteiger charge is 2.31. The van der Waals surface area contributed by atoms with Crippen molar-refractivity contribution in [2.45, 2.75) is 64.8 Å². The summed E-state index contributed by atoms with van der Waals surface area (Å²) in [5, 5.41) is 3.43. The summed E-state index contributed by atoms with van der Waals surface area (Å²) in [5.74, 6) is 0. The third-order valence-corrected chi connectivity index (χ3v) is 6.07. The molecule has 2 aliphatic heterocycles. The van der Waals surface area contributed by atoms with Gasteiger partial charge in [0.25, 0.3) is 0 Å². The zero-order chi connectivity index (χ0) is 15.1. The fourth-order valence-electron chi connectivity index (χ4n) is 4.35. The lowest BCUT2D eigenvalue weighted by molar-refractivity contribution is 0.0635. The largest absolute Gasteiger partial charge is 0.319 e. The van der Waals surface area contributed by atoms with E-state index in [0.29, 0.717) is 5.41 Å². The van der Waals surface area contributed by atoms with Crippen molar-refractivity contribution in [3.63, 3.8) is 0 Å². The average Bonchev–Trinajstić information content (AvgIpc) is 2.56. The van der Waals surface area contributed by atoms with E-state index in [4.69, 9.17) is 0 Å². The van der Waals surface area contributed by atoms with Gasteiger partial charge >= 0.3 is 0 Å². The maximum atomic E-state index is 3.43. The van der Waals surface area contributed by atoms with Gasteiger partial charge in [0.05, 0.1) is 0 Å². The first-order chi connectivity index (χ1) is 10.2. The SMILES string of the molecule is CCC(CC)(CNC)CN1CCC(N2CCCCC2)CC1. The van der Waals surface area contributed by atoms with Gasteiger partial charge < -0.3 is 15.1 Å². The quantitative estimate of drug-likeness (QED) is 0.779. The van der Waals surface area contributed by atoms with Crippen molar-refractivity contribution in [2.24, 2.45) is 5.41 Å². The molecule has 0 aromatic carbocycles. The van der Waals surface area contributed by atoms with Gasteiger partial charge in [0, 0.05) is 19.1 Å². The Kier molecular flexibility index (Phi) is 6.97. The van der Waals surface area contributed by atoms with Crippen LogP contribution < -0.4 is 5.32 Å². The second kappa shape index (κ2) is 8.50. The van der Waals surface area contributed by atoms with Crippen LogP contribution in [0.4, 0.5) is 0 Å². The van der Waals surface area contributed by atoms with Gasteiger partial charge in [-0.3, -0.25) is 0 Å². The number of nitrogens with zero attached hydrogens (tertiary/aromatic N) is 2. The average molecular weight is 296 g/mol. The van der Waals surface area contributed by atoms with Gasteiger partial charge in [-0.1, -0.05) is 20.3 Å². The molecule has 0 atom stereocenters. The van der Waals surface area contributed by atoms with Gasteiger partial charge in [-0.25, -0.2) is 0 Å². The van der Waals surface area contributed by atoms with Crippen molar-refractivity contribution in [1.82, 2.24) is 15.1 Å². The predicted octanol–water partition coefficient (Wildman–Crippen LogP) is 2.96.